The fraction of sp³-hybridized carbons (Fsp3) is 0.188. The van der Waals surface area contributed by atoms with Crippen LogP contribution < -0.4 is 14.8 Å². The van der Waals surface area contributed by atoms with Gasteiger partial charge in [0.25, 0.3) is 0 Å². The molecule has 6 nitrogen and oxygen atoms in total. The Morgan fingerprint density at radius 3 is 1.87 bits per heavy atom. The molecule has 122 valence electrons. The number of carbonyl (C=O) groups is 1. The van der Waals surface area contributed by atoms with Gasteiger partial charge in [0.15, 0.2) is 9.84 Å². The van der Waals surface area contributed by atoms with E-state index < -0.39 is 21.5 Å². The second-order valence-electron chi connectivity index (χ2n) is 4.71. The molecule has 0 aromatic heterocycles. The molecule has 0 spiro atoms. The number of nitrogens with one attached hydrogen (secondary N) is 1. The summed E-state index contributed by atoms with van der Waals surface area (Å²) in [5, 5.41) is 2.54. The van der Waals surface area contributed by atoms with Gasteiger partial charge in [-0.05, 0) is 48.5 Å². The van der Waals surface area contributed by atoms with Gasteiger partial charge in [0.05, 0.1) is 19.1 Å². The van der Waals surface area contributed by atoms with E-state index in [1.165, 1.54) is 38.5 Å². The molecule has 2 aromatic rings. The fourth-order valence-corrected chi connectivity index (χ4v) is 3.05. The number of amides is 1. The highest BCUT2D eigenvalue weighted by molar-refractivity contribution is 7.92. The Bertz CT molecular complexity index is 767. The van der Waals surface area contributed by atoms with Crippen molar-refractivity contribution in [3.63, 3.8) is 0 Å². The van der Waals surface area contributed by atoms with Crippen LogP contribution in [0.4, 0.5) is 5.69 Å². The highest BCUT2D eigenvalue weighted by Gasteiger charge is 2.19. The SMILES string of the molecule is COc1ccc(NC(=O)CS(=O)(=O)c2ccc(OC)cc2)cc1. The molecule has 2 rings (SSSR count). The highest BCUT2D eigenvalue weighted by Crippen LogP contribution is 2.18. The molecule has 0 unspecified atom stereocenters. The van der Waals surface area contributed by atoms with E-state index in [0.29, 0.717) is 17.2 Å². The normalized spacial score (nSPS) is 10.9. The van der Waals surface area contributed by atoms with Crippen LogP contribution in [0, 0.1) is 0 Å². The van der Waals surface area contributed by atoms with Crippen molar-refractivity contribution < 1.29 is 22.7 Å². The van der Waals surface area contributed by atoms with E-state index in [4.69, 9.17) is 9.47 Å². The van der Waals surface area contributed by atoms with Crippen molar-refractivity contribution in [2.75, 3.05) is 25.3 Å². The Labute approximate surface area is 135 Å². The topological polar surface area (TPSA) is 81.7 Å². The lowest BCUT2D eigenvalue weighted by molar-refractivity contribution is -0.113. The van der Waals surface area contributed by atoms with Gasteiger partial charge in [-0.15, -0.1) is 0 Å². The Morgan fingerprint density at radius 1 is 0.913 bits per heavy atom. The van der Waals surface area contributed by atoms with Gasteiger partial charge in [-0.3, -0.25) is 4.79 Å². The van der Waals surface area contributed by atoms with E-state index in [-0.39, 0.29) is 4.90 Å². The summed E-state index contributed by atoms with van der Waals surface area (Å²) in [7, 11) is -0.681. The maximum Gasteiger partial charge on any atom is 0.239 e. The number of hydrogen-bond donors (Lipinski definition) is 1. The number of carbonyl (C=O) groups excluding carboxylic acids is 1. The zero-order valence-electron chi connectivity index (χ0n) is 12.8. The number of sulfone groups is 1. The highest BCUT2D eigenvalue weighted by atomic mass is 32.2. The number of rotatable bonds is 6. The van der Waals surface area contributed by atoms with Crippen molar-refractivity contribution in [2.45, 2.75) is 4.90 Å². The maximum atomic E-state index is 12.2. The van der Waals surface area contributed by atoms with E-state index in [2.05, 4.69) is 5.32 Å². The predicted octanol–water partition coefficient (Wildman–Crippen LogP) is 2.12. The zero-order chi connectivity index (χ0) is 16.9. The molecule has 1 amide bonds. The second kappa shape index (κ2) is 7.15. The number of anilines is 1. The molecule has 1 N–H and O–H groups in total. The Hall–Kier alpha value is -2.54. The molecule has 0 saturated heterocycles. The molecule has 0 saturated carbocycles. The molecule has 0 heterocycles. The van der Waals surface area contributed by atoms with Gasteiger partial charge in [0.1, 0.15) is 17.3 Å². The summed E-state index contributed by atoms with van der Waals surface area (Å²) >= 11 is 0. The number of methoxy groups -OCH3 is 2. The van der Waals surface area contributed by atoms with Crippen molar-refractivity contribution in [1.29, 1.82) is 0 Å². The quantitative estimate of drug-likeness (QED) is 0.874. The largest absolute Gasteiger partial charge is 0.497 e. The first kappa shape index (κ1) is 16.8. The van der Waals surface area contributed by atoms with Crippen molar-refractivity contribution >= 4 is 21.4 Å². The number of benzene rings is 2. The number of ether oxygens (including phenoxy) is 2. The van der Waals surface area contributed by atoms with Gasteiger partial charge in [0, 0.05) is 5.69 Å². The molecule has 0 aliphatic rings. The van der Waals surface area contributed by atoms with Gasteiger partial charge >= 0.3 is 0 Å². The third-order valence-electron chi connectivity index (χ3n) is 3.11. The van der Waals surface area contributed by atoms with E-state index in [9.17, 15) is 13.2 Å². The van der Waals surface area contributed by atoms with Crippen LogP contribution in [-0.4, -0.2) is 34.3 Å². The average molecular weight is 335 g/mol. The average Bonchev–Trinajstić information content (AvgIpc) is 2.55. The first-order valence-electron chi connectivity index (χ1n) is 6.75. The smallest absolute Gasteiger partial charge is 0.239 e. The minimum absolute atomic E-state index is 0.0724. The van der Waals surface area contributed by atoms with E-state index >= 15 is 0 Å². The van der Waals surface area contributed by atoms with Gasteiger partial charge < -0.3 is 14.8 Å². The fourth-order valence-electron chi connectivity index (χ4n) is 1.91. The Kier molecular flexibility index (Phi) is 5.23. The van der Waals surface area contributed by atoms with Crippen LogP contribution in [0.15, 0.2) is 53.4 Å². The molecule has 0 radical (unpaired) electrons. The summed E-state index contributed by atoms with van der Waals surface area (Å²) in [5.41, 5.74) is 0.501. The summed E-state index contributed by atoms with van der Waals surface area (Å²) < 4.78 is 34.4. The maximum absolute atomic E-state index is 12.2. The van der Waals surface area contributed by atoms with E-state index in [1.54, 1.807) is 24.3 Å². The summed E-state index contributed by atoms with van der Waals surface area (Å²) in [4.78, 5) is 12.0. The molecule has 0 fully saturated rings. The zero-order valence-corrected chi connectivity index (χ0v) is 13.6. The molecular weight excluding hydrogens is 318 g/mol. The minimum atomic E-state index is -3.71. The van der Waals surface area contributed by atoms with Gasteiger partial charge in [-0.1, -0.05) is 0 Å². The summed E-state index contributed by atoms with van der Waals surface area (Å²) in [5.74, 6) is -0.0442. The van der Waals surface area contributed by atoms with Crippen LogP contribution in [0.1, 0.15) is 0 Å². The minimum Gasteiger partial charge on any atom is -0.497 e. The van der Waals surface area contributed by atoms with E-state index in [1.807, 2.05) is 0 Å². The first-order chi connectivity index (χ1) is 10.9. The van der Waals surface area contributed by atoms with Crippen molar-refractivity contribution in [2.24, 2.45) is 0 Å². The molecule has 2 aromatic carbocycles. The van der Waals surface area contributed by atoms with Crippen molar-refractivity contribution in [3.8, 4) is 11.5 Å². The second-order valence-corrected chi connectivity index (χ2v) is 6.70. The lowest BCUT2D eigenvalue weighted by Crippen LogP contribution is -2.23. The van der Waals surface area contributed by atoms with Crippen LogP contribution in [0.2, 0.25) is 0 Å². The van der Waals surface area contributed by atoms with Crippen LogP contribution in [0.5, 0.6) is 11.5 Å². The monoisotopic (exact) mass is 335 g/mol. The van der Waals surface area contributed by atoms with Gasteiger partial charge in [0.2, 0.25) is 5.91 Å². The van der Waals surface area contributed by atoms with Crippen LogP contribution in [0.3, 0.4) is 0 Å². The molecule has 0 bridgehead atoms. The number of hydrogen-bond acceptors (Lipinski definition) is 5. The van der Waals surface area contributed by atoms with Crippen LogP contribution in [0.25, 0.3) is 0 Å². The molecular formula is C16H17NO5S. The van der Waals surface area contributed by atoms with Gasteiger partial charge in [-0.2, -0.15) is 0 Å². The molecule has 0 aliphatic heterocycles. The van der Waals surface area contributed by atoms with Gasteiger partial charge in [-0.25, -0.2) is 8.42 Å². The predicted molar refractivity (Wildman–Crippen MR) is 86.7 cm³/mol. The Balaban J connectivity index is 2.04. The molecule has 23 heavy (non-hydrogen) atoms. The summed E-state index contributed by atoms with van der Waals surface area (Å²) in [6.45, 7) is 0. The lowest BCUT2D eigenvalue weighted by atomic mass is 10.3. The first-order valence-corrected chi connectivity index (χ1v) is 8.40. The molecule has 0 aliphatic carbocycles. The standard InChI is InChI=1S/C16H17NO5S/c1-21-13-5-3-12(4-6-13)17-16(18)11-23(19,20)15-9-7-14(22-2)8-10-15/h3-10H,11H2,1-2H3,(H,17,18). The van der Waals surface area contributed by atoms with Crippen LogP contribution >= 0.6 is 0 Å². The van der Waals surface area contributed by atoms with Crippen molar-refractivity contribution in [1.82, 2.24) is 0 Å². The molecule has 7 heteroatoms. The Morgan fingerprint density at radius 2 is 1.39 bits per heavy atom. The lowest BCUT2D eigenvalue weighted by Gasteiger charge is -2.08. The van der Waals surface area contributed by atoms with Crippen molar-refractivity contribution in [3.05, 3.63) is 48.5 Å². The summed E-state index contributed by atoms with van der Waals surface area (Å²) in [6, 6.07) is 12.5. The third kappa shape index (κ3) is 4.46. The van der Waals surface area contributed by atoms with Crippen LogP contribution in [-0.2, 0) is 14.6 Å². The summed E-state index contributed by atoms with van der Waals surface area (Å²) in [6.07, 6.45) is 0. The van der Waals surface area contributed by atoms with E-state index in [0.717, 1.165) is 0 Å². The third-order valence-corrected chi connectivity index (χ3v) is 4.75. The molecule has 0 atom stereocenters.